The highest BCUT2D eigenvalue weighted by Gasteiger charge is 2.19. The summed E-state index contributed by atoms with van der Waals surface area (Å²) in [6.07, 6.45) is 1.73. The van der Waals surface area contributed by atoms with Gasteiger partial charge in [-0.3, -0.25) is 9.89 Å². The first kappa shape index (κ1) is 15.2. The first-order chi connectivity index (χ1) is 11.1. The molecule has 3 aromatic rings. The van der Waals surface area contributed by atoms with Gasteiger partial charge in [0.2, 0.25) is 0 Å². The second-order valence-corrected chi connectivity index (χ2v) is 5.91. The summed E-state index contributed by atoms with van der Waals surface area (Å²) in [6, 6.07) is 12.9. The summed E-state index contributed by atoms with van der Waals surface area (Å²) in [6.45, 7) is 0. The van der Waals surface area contributed by atoms with Crippen molar-refractivity contribution in [3.8, 4) is 23.4 Å². The Bertz CT molecular complexity index is 1070. The molecule has 0 saturated heterocycles. The molecule has 1 N–H and O–H groups in total. The first-order valence-corrected chi connectivity index (χ1v) is 8.13. The van der Waals surface area contributed by atoms with Gasteiger partial charge in [-0.2, -0.15) is 10.5 Å². The van der Waals surface area contributed by atoms with E-state index < -0.39 is 5.56 Å². The van der Waals surface area contributed by atoms with E-state index in [2.05, 4.69) is 11.2 Å². The largest absolute Gasteiger partial charge is 0.290 e. The summed E-state index contributed by atoms with van der Waals surface area (Å²) in [5, 5.41) is 22.2. The van der Waals surface area contributed by atoms with Crippen LogP contribution in [0.25, 0.3) is 16.8 Å². The lowest BCUT2D eigenvalue weighted by Crippen LogP contribution is -2.19. The van der Waals surface area contributed by atoms with Gasteiger partial charge in [0.25, 0.3) is 5.56 Å². The van der Waals surface area contributed by atoms with Crippen molar-refractivity contribution < 1.29 is 0 Å². The van der Waals surface area contributed by atoms with Crippen LogP contribution in [0.4, 0.5) is 0 Å². The van der Waals surface area contributed by atoms with Crippen LogP contribution < -0.4 is 5.56 Å². The quantitative estimate of drug-likeness (QED) is 0.724. The number of benzene rings is 1. The molecule has 23 heavy (non-hydrogen) atoms. The van der Waals surface area contributed by atoms with Gasteiger partial charge in [0.05, 0.1) is 21.7 Å². The van der Waals surface area contributed by atoms with E-state index in [1.807, 2.05) is 18.2 Å². The zero-order chi connectivity index (χ0) is 16.6. The second kappa shape index (κ2) is 5.85. The van der Waals surface area contributed by atoms with Gasteiger partial charge in [0.1, 0.15) is 17.7 Å². The number of thioether (sulfide) groups is 1. The average Bonchev–Trinajstić information content (AvgIpc) is 3.00. The molecule has 112 valence electrons. The van der Waals surface area contributed by atoms with E-state index in [1.54, 1.807) is 24.5 Å². The molecule has 0 amide bonds. The molecule has 0 aliphatic rings. The number of H-pyrrole nitrogens is 1. The van der Waals surface area contributed by atoms with E-state index in [0.717, 1.165) is 0 Å². The molecule has 0 radical (unpaired) electrons. The van der Waals surface area contributed by atoms with Gasteiger partial charge in [0.15, 0.2) is 0 Å². The van der Waals surface area contributed by atoms with E-state index in [0.29, 0.717) is 32.3 Å². The zero-order valence-corrected chi connectivity index (χ0v) is 13.5. The summed E-state index contributed by atoms with van der Waals surface area (Å²) < 4.78 is 1.22. The fourth-order valence-corrected chi connectivity index (χ4v) is 3.37. The van der Waals surface area contributed by atoms with Crippen LogP contribution in [0.2, 0.25) is 5.02 Å². The van der Waals surface area contributed by atoms with Gasteiger partial charge in [-0.25, -0.2) is 4.52 Å². The Morgan fingerprint density at radius 1 is 1.22 bits per heavy atom. The fraction of sp³-hybridized carbons (Fsp3) is 0.0625. The third-order valence-corrected chi connectivity index (χ3v) is 4.62. The molecular weight excluding hydrogens is 332 g/mol. The summed E-state index contributed by atoms with van der Waals surface area (Å²) in [5.74, 6) is 0. The molecule has 0 aliphatic carbocycles. The number of aromatic nitrogens is 2. The van der Waals surface area contributed by atoms with Crippen LogP contribution in [-0.2, 0) is 0 Å². The number of fused-ring (bicyclic) bond motifs is 1. The minimum Gasteiger partial charge on any atom is -0.290 e. The lowest BCUT2D eigenvalue weighted by Gasteiger charge is -2.04. The number of pyridine rings is 1. The van der Waals surface area contributed by atoms with Gasteiger partial charge < -0.3 is 0 Å². The Kier molecular flexibility index (Phi) is 3.87. The fourth-order valence-electron chi connectivity index (χ4n) is 2.44. The Hall–Kier alpha value is -2.67. The third kappa shape index (κ3) is 2.29. The number of nitrogens with zero attached hydrogens (tertiary/aromatic N) is 3. The van der Waals surface area contributed by atoms with Crippen LogP contribution >= 0.6 is 23.4 Å². The Balaban J connectivity index is 2.44. The number of aromatic amines is 1. The van der Waals surface area contributed by atoms with Crippen LogP contribution in [0.3, 0.4) is 0 Å². The number of nitrogens with one attached hydrogen (secondary N) is 1. The van der Waals surface area contributed by atoms with Gasteiger partial charge in [-0.05, 0) is 18.4 Å². The molecule has 3 rings (SSSR count). The van der Waals surface area contributed by atoms with Crippen molar-refractivity contribution in [2.45, 2.75) is 4.90 Å². The van der Waals surface area contributed by atoms with E-state index in [-0.39, 0.29) is 5.56 Å². The minimum absolute atomic E-state index is 0.0425. The summed E-state index contributed by atoms with van der Waals surface area (Å²) in [5.41, 5.74) is 1.51. The molecule has 0 fully saturated rings. The van der Waals surface area contributed by atoms with Crippen LogP contribution in [0.15, 0.2) is 40.0 Å². The topological polar surface area (TPSA) is 84.8 Å². The van der Waals surface area contributed by atoms with Crippen LogP contribution in [0.5, 0.6) is 0 Å². The number of hydrogen-bond acceptors (Lipinski definition) is 4. The standard InChI is InChI=1S/C16H9ClN4OS/c1-23-15-10(7-18)14-6-13(9-4-2-3-5-12(9)17)20-21(14)16(22)11(15)8-19/h2-6,20H,1H3. The van der Waals surface area contributed by atoms with E-state index >= 15 is 0 Å². The maximum Gasteiger partial charge on any atom is 0.288 e. The third-order valence-electron chi connectivity index (χ3n) is 3.47. The highest BCUT2D eigenvalue weighted by Crippen LogP contribution is 2.30. The lowest BCUT2D eigenvalue weighted by atomic mass is 10.1. The van der Waals surface area contributed by atoms with Crippen molar-refractivity contribution in [2.24, 2.45) is 0 Å². The van der Waals surface area contributed by atoms with Gasteiger partial charge in [-0.15, -0.1) is 11.8 Å². The lowest BCUT2D eigenvalue weighted by molar-refractivity contribution is 0.905. The van der Waals surface area contributed by atoms with Crippen LogP contribution in [0.1, 0.15) is 11.1 Å². The first-order valence-electron chi connectivity index (χ1n) is 6.53. The number of halogens is 1. The van der Waals surface area contributed by atoms with E-state index in [1.165, 1.54) is 16.3 Å². The van der Waals surface area contributed by atoms with Gasteiger partial charge >= 0.3 is 0 Å². The van der Waals surface area contributed by atoms with Crippen molar-refractivity contribution >= 4 is 28.9 Å². The Morgan fingerprint density at radius 2 is 1.91 bits per heavy atom. The molecule has 0 spiro atoms. The van der Waals surface area contributed by atoms with Crippen LogP contribution in [-0.4, -0.2) is 15.9 Å². The van der Waals surface area contributed by atoms with E-state index in [9.17, 15) is 15.3 Å². The molecule has 0 saturated carbocycles. The maximum absolute atomic E-state index is 12.5. The molecule has 5 nitrogen and oxygen atoms in total. The van der Waals surface area contributed by atoms with E-state index in [4.69, 9.17) is 11.6 Å². The molecule has 0 bridgehead atoms. The van der Waals surface area contributed by atoms with Crippen molar-refractivity contribution in [1.29, 1.82) is 10.5 Å². The van der Waals surface area contributed by atoms with Crippen LogP contribution in [0, 0.1) is 22.7 Å². The molecule has 1 aromatic carbocycles. The summed E-state index contributed by atoms with van der Waals surface area (Å²) in [4.78, 5) is 12.9. The normalized spacial score (nSPS) is 10.4. The minimum atomic E-state index is -0.482. The van der Waals surface area contributed by atoms with Crippen molar-refractivity contribution in [3.05, 3.63) is 56.8 Å². The molecular formula is C16H9ClN4OS. The second-order valence-electron chi connectivity index (χ2n) is 4.68. The summed E-state index contributed by atoms with van der Waals surface area (Å²) >= 11 is 7.40. The Labute approximate surface area is 140 Å². The molecule has 0 atom stereocenters. The molecule has 7 heteroatoms. The number of nitriles is 2. The Morgan fingerprint density at radius 3 is 2.52 bits per heavy atom. The average molecular weight is 341 g/mol. The number of hydrogen-bond donors (Lipinski definition) is 1. The zero-order valence-electron chi connectivity index (χ0n) is 11.9. The van der Waals surface area contributed by atoms with Crippen molar-refractivity contribution in [3.63, 3.8) is 0 Å². The predicted octanol–water partition coefficient (Wildman–Crippen LogP) is 3.41. The van der Waals surface area contributed by atoms with Crippen molar-refractivity contribution in [2.75, 3.05) is 6.26 Å². The predicted molar refractivity (Wildman–Crippen MR) is 89.7 cm³/mol. The highest BCUT2D eigenvalue weighted by molar-refractivity contribution is 7.98. The van der Waals surface area contributed by atoms with Gasteiger partial charge in [-0.1, -0.05) is 29.8 Å². The van der Waals surface area contributed by atoms with Crippen molar-refractivity contribution in [1.82, 2.24) is 9.61 Å². The number of rotatable bonds is 2. The smallest absolute Gasteiger partial charge is 0.288 e. The SMILES string of the molecule is CSc1c(C#N)c(=O)n2[nH]c(-c3ccccc3Cl)cc2c1C#N. The maximum atomic E-state index is 12.5. The molecule has 0 aliphatic heterocycles. The molecule has 2 aromatic heterocycles. The van der Waals surface area contributed by atoms with Gasteiger partial charge in [0, 0.05) is 10.6 Å². The summed E-state index contributed by atoms with van der Waals surface area (Å²) in [7, 11) is 0. The highest BCUT2D eigenvalue weighted by atomic mass is 35.5. The monoisotopic (exact) mass is 340 g/mol. The molecule has 0 unspecified atom stereocenters. The molecule has 2 heterocycles.